The maximum Gasteiger partial charge on any atom is 0.143 e. The molecule has 3 heterocycles. The number of furan rings is 3. The van der Waals surface area contributed by atoms with Gasteiger partial charge in [-0.05, 0) is 303 Å². The summed E-state index contributed by atoms with van der Waals surface area (Å²) in [5.74, 6) is 0. The second-order valence-electron chi connectivity index (χ2n) is 37.8. The largest absolute Gasteiger partial charge is 0.456 e. The molecule has 30 rings (SSSR count). The summed E-state index contributed by atoms with van der Waals surface area (Å²) in [6, 6.07) is 189. The zero-order valence-electron chi connectivity index (χ0n) is 77.9. The van der Waals surface area contributed by atoms with E-state index in [-0.39, 0.29) is 0 Å². The number of fused-ring (bicyclic) bond motifs is 21. The van der Waals surface area contributed by atoms with Gasteiger partial charge in [-0.25, -0.2) is 0 Å². The van der Waals surface area contributed by atoms with Gasteiger partial charge in [-0.2, -0.15) is 0 Å². The molecule has 0 atom stereocenters. The van der Waals surface area contributed by atoms with E-state index in [1.54, 1.807) is 0 Å². The molecule has 0 aliphatic carbocycles. The average Bonchev–Trinajstić information content (AvgIpc) is 1.73. The van der Waals surface area contributed by atoms with Crippen molar-refractivity contribution < 1.29 is 13.3 Å². The molecule has 3 aromatic heterocycles. The summed E-state index contributed by atoms with van der Waals surface area (Å²) >= 11 is 0. The van der Waals surface area contributed by atoms with Gasteiger partial charge in [0.25, 0.3) is 0 Å². The minimum atomic E-state index is 0.914. The summed E-state index contributed by atoms with van der Waals surface area (Å²) in [4.78, 5) is 0. The van der Waals surface area contributed by atoms with Crippen molar-refractivity contribution in [2.24, 2.45) is 0 Å². The van der Waals surface area contributed by atoms with Crippen LogP contribution in [0.3, 0.4) is 0 Å². The average molecular weight is 1820 g/mol. The molecule has 0 amide bonds. The van der Waals surface area contributed by atoms with Crippen molar-refractivity contribution in [2.75, 3.05) is 0 Å². The Kier molecular flexibility index (Phi) is 19.7. The van der Waals surface area contributed by atoms with Crippen molar-refractivity contribution in [3.63, 3.8) is 0 Å². The lowest BCUT2D eigenvalue weighted by molar-refractivity contribution is 0.669. The summed E-state index contributed by atoms with van der Waals surface area (Å²) in [6.45, 7) is 0. The smallest absolute Gasteiger partial charge is 0.143 e. The minimum Gasteiger partial charge on any atom is -0.456 e. The van der Waals surface area contributed by atoms with Crippen LogP contribution in [-0.2, 0) is 0 Å². The van der Waals surface area contributed by atoms with Crippen molar-refractivity contribution in [3.8, 4) is 111 Å². The quantitative estimate of drug-likeness (QED) is 0.128. The van der Waals surface area contributed by atoms with E-state index in [1.165, 1.54) is 224 Å². The maximum atomic E-state index is 6.39. The van der Waals surface area contributed by atoms with Crippen LogP contribution in [0.4, 0.5) is 0 Å². The monoisotopic (exact) mass is 1810 g/mol. The van der Waals surface area contributed by atoms with Crippen molar-refractivity contribution in [1.82, 2.24) is 0 Å². The van der Waals surface area contributed by atoms with Gasteiger partial charge < -0.3 is 13.3 Å². The highest BCUT2D eigenvalue weighted by molar-refractivity contribution is 6.26. The molecule has 664 valence electrons. The van der Waals surface area contributed by atoms with Crippen LogP contribution in [0.15, 0.2) is 535 Å². The number of benzene rings is 27. The minimum absolute atomic E-state index is 0.914. The van der Waals surface area contributed by atoms with Crippen molar-refractivity contribution >= 4 is 184 Å². The Morgan fingerprint density at radius 1 is 0.0979 bits per heavy atom. The molecule has 0 N–H and O–H groups in total. The zero-order valence-corrected chi connectivity index (χ0v) is 77.9. The lowest BCUT2D eigenvalue weighted by atomic mass is 9.85. The molecule has 0 aliphatic rings. The van der Waals surface area contributed by atoms with Gasteiger partial charge in [-0.3, -0.25) is 0 Å². The van der Waals surface area contributed by atoms with Gasteiger partial charge in [0, 0.05) is 37.7 Å². The Bertz CT molecular complexity index is 10200. The first-order valence-electron chi connectivity index (χ1n) is 49.2. The summed E-state index contributed by atoms with van der Waals surface area (Å²) in [6.07, 6.45) is 0. The van der Waals surface area contributed by atoms with E-state index in [0.29, 0.717) is 0 Å². The third-order valence-electron chi connectivity index (χ3n) is 29.7. The molecular weight excluding hydrogens is 1730 g/mol. The zero-order chi connectivity index (χ0) is 94.1. The van der Waals surface area contributed by atoms with E-state index in [4.69, 9.17) is 13.3 Å². The Balaban J connectivity index is 0.000000105. The van der Waals surface area contributed by atoms with Crippen LogP contribution in [0.2, 0.25) is 0 Å². The SMILES string of the molecule is c1ccc(-c2c3ccccc3c(-c3cccc(-c4ccc5oc6c7ccccc7ccc6c5c4)c3)c3ccccc23)cc1.c1ccc2cc(-c3c4ccccc4c(-c4ccc(-c5ccc6oc7cc8ccccc8cc7c6c5)cc4)c4ccccc34)ccc2c1.c1ccc2cc3c(cc2c1)oc1ccc(-c2ccc(-c4c5ccccc5c(-c5ccc(-c6cccc7ccccc67)cc5)c5ccccc45)cc2)cc13. The Morgan fingerprint density at radius 2 is 0.350 bits per heavy atom. The van der Waals surface area contributed by atoms with Gasteiger partial charge in [0.05, 0.1) is 0 Å². The fourth-order valence-corrected chi connectivity index (χ4v) is 23.0. The van der Waals surface area contributed by atoms with Gasteiger partial charge >= 0.3 is 0 Å². The summed E-state index contributed by atoms with van der Waals surface area (Å²) < 4.78 is 19.0. The van der Waals surface area contributed by atoms with Crippen molar-refractivity contribution in [2.45, 2.75) is 0 Å². The third kappa shape index (κ3) is 14.2. The first kappa shape index (κ1) is 82.5. The van der Waals surface area contributed by atoms with Crippen LogP contribution >= 0.6 is 0 Å². The van der Waals surface area contributed by atoms with Crippen LogP contribution in [0.1, 0.15) is 0 Å². The van der Waals surface area contributed by atoms with Crippen LogP contribution in [0.5, 0.6) is 0 Å². The van der Waals surface area contributed by atoms with Gasteiger partial charge in [-0.1, -0.05) is 443 Å². The fourth-order valence-electron chi connectivity index (χ4n) is 23.0. The Hall–Kier alpha value is -18.8. The van der Waals surface area contributed by atoms with Gasteiger partial charge in [0.15, 0.2) is 0 Å². The predicted octanol–water partition coefficient (Wildman–Crippen LogP) is 40.1. The molecule has 0 fully saturated rings. The van der Waals surface area contributed by atoms with Crippen molar-refractivity contribution in [1.29, 1.82) is 0 Å². The van der Waals surface area contributed by atoms with E-state index in [0.717, 1.165) is 71.2 Å². The predicted molar refractivity (Wildman–Crippen MR) is 608 cm³/mol. The molecule has 0 unspecified atom stereocenters. The normalized spacial score (nSPS) is 11.8. The van der Waals surface area contributed by atoms with E-state index < -0.39 is 0 Å². The number of rotatable bonds is 10. The summed E-state index contributed by atoms with van der Waals surface area (Å²) in [5.41, 5.74) is 30.1. The molecule has 0 radical (unpaired) electrons. The first-order chi connectivity index (χ1) is 70.9. The molecular formula is C140H86O3. The molecule has 27 aromatic carbocycles. The fraction of sp³-hybridized carbons (Fsp3) is 0. The van der Waals surface area contributed by atoms with E-state index >= 15 is 0 Å². The Labute approximate surface area is 824 Å². The molecule has 0 saturated heterocycles. The molecule has 0 aliphatic heterocycles. The van der Waals surface area contributed by atoms with E-state index in [1.807, 2.05) is 0 Å². The van der Waals surface area contributed by atoms with E-state index in [2.05, 4.69) is 522 Å². The number of hydrogen-bond acceptors (Lipinski definition) is 3. The highest BCUT2D eigenvalue weighted by atomic mass is 16.3. The topological polar surface area (TPSA) is 39.4 Å². The lowest BCUT2D eigenvalue weighted by Gasteiger charge is -2.18. The highest BCUT2D eigenvalue weighted by Crippen LogP contribution is 2.51. The maximum absolute atomic E-state index is 6.39. The molecule has 3 nitrogen and oxygen atoms in total. The second-order valence-corrected chi connectivity index (χ2v) is 37.8. The van der Waals surface area contributed by atoms with Crippen LogP contribution in [0, 0.1) is 0 Å². The van der Waals surface area contributed by atoms with Crippen molar-refractivity contribution in [3.05, 3.63) is 522 Å². The van der Waals surface area contributed by atoms with Crippen LogP contribution in [0.25, 0.3) is 296 Å². The summed E-state index contributed by atoms with van der Waals surface area (Å²) in [5, 5.41) is 34.3. The van der Waals surface area contributed by atoms with Gasteiger partial charge in [0.2, 0.25) is 0 Å². The molecule has 0 saturated carbocycles. The number of hydrogen-bond donors (Lipinski definition) is 0. The molecule has 0 spiro atoms. The van der Waals surface area contributed by atoms with Gasteiger partial charge in [0.1, 0.15) is 33.5 Å². The van der Waals surface area contributed by atoms with E-state index in [9.17, 15) is 0 Å². The Morgan fingerprint density at radius 3 is 0.783 bits per heavy atom. The molecule has 0 bridgehead atoms. The molecule has 3 heteroatoms. The third-order valence-corrected chi connectivity index (χ3v) is 29.7. The van der Waals surface area contributed by atoms with Crippen LogP contribution in [-0.4, -0.2) is 0 Å². The standard InChI is InChI=1S/C52H32O.C46H28O.C42H26O/c1-2-12-39-32-50-48(30-38(39)11-1)47-31-40(28-29-49(47)53-50)33-20-24-36(25-21-33)51-43-15-5-7-17-45(43)52(46-18-8-6-16-44(46)51)37-26-22-35(23-27-37)42-19-9-13-34-10-3-4-14-41(34)42;1-2-10-32-25-36(22-19-29(32)9-1)46-39-15-7-5-13-37(39)45(38-14-6-8-16-40(38)46)31-20-17-30(18-21-31)35-23-24-43-41(27-35)42-26-33-11-3-4-12-34(33)28-44(42)47-43;1-2-12-28(13-3-1)40-33-17-6-8-19-35(33)41(36-20-9-7-18-34(36)40)31-15-10-14-29(25-31)30-22-24-39-38(26-30)37-23-21-27-11-4-5-16-32(27)42(37)43-39/h1-32H;1-28H;1-26H. The molecule has 30 aromatic rings. The highest BCUT2D eigenvalue weighted by Gasteiger charge is 2.24. The van der Waals surface area contributed by atoms with Crippen LogP contribution < -0.4 is 0 Å². The first-order valence-corrected chi connectivity index (χ1v) is 49.2. The van der Waals surface area contributed by atoms with Gasteiger partial charge in [-0.15, -0.1) is 0 Å². The molecule has 143 heavy (non-hydrogen) atoms. The lowest BCUT2D eigenvalue weighted by Crippen LogP contribution is -1.91. The second kappa shape index (κ2) is 34.1. The summed E-state index contributed by atoms with van der Waals surface area (Å²) in [7, 11) is 0.